The molecule has 2 atom stereocenters. The molecule has 1 amide bonds. The van der Waals surface area contributed by atoms with Crippen LogP contribution in [0.2, 0.25) is 0 Å². The number of rotatable bonds is 7. The van der Waals surface area contributed by atoms with Crippen molar-refractivity contribution in [2.45, 2.75) is 24.0 Å². The summed E-state index contributed by atoms with van der Waals surface area (Å²) in [5, 5.41) is 3.36. The number of methoxy groups -OCH3 is 2. The van der Waals surface area contributed by atoms with Crippen molar-refractivity contribution in [3.8, 4) is 11.5 Å². The Balaban J connectivity index is 1.81. The number of thioether (sulfide) groups is 1. The van der Waals surface area contributed by atoms with Gasteiger partial charge in [-0.25, -0.2) is 0 Å². The number of ether oxygens (including phenoxy) is 2. The number of carbonyl (C=O) groups excluding carboxylic acids is 1. The second-order valence-electron chi connectivity index (χ2n) is 6.62. The van der Waals surface area contributed by atoms with E-state index in [4.69, 9.17) is 9.47 Å². The van der Waals surface area contributed by atoms with Crippen molar-refractivity contribution in [3.63, 3.8) is 0 Å². The van der Waals surface area contributed by atoms with Gasteiger partial charge in [-0.15, -0.1) is 11.8 Å². The average Bonchev–Trinajstić information content (AvgIpc) is 3.02. The van der Waals surface area contributed by atoms with E-state index in [0.29, 0.717) is 0 Å². The first kappa shape index (κ1) is 19.3. The van der Waals surface area contributed by atoms with Gasteiger partial charge in [0.25, 0.3) is 0 Å². The van der Waals surface area contributed by atoms with Crippen LogP contribution in [0.4, 0.5) is 0 Å². The molecule has 0 aromatic heterocycles. The largest absolute Gasteiger partial charge is 0.497 e. The molecule has 2 aliphatic heterocycles. The number of carbonyl (C=O) groups is 1. The fourth-order valence-electron chi connectivity index (χ4n) is 3.54. The van der Waals surface area contributed by atoms with Crippen molar-refractivity contribution in [1.29, 1.82) is 0 Å². The summed E-state index contributed by atoms with van der Waals surface area (Å²) >= 11 is 1.73. The topological polar surface area (TPSA) is 54.0 Å². The first-order valence-electron chi connectivity index (χ1n) is 9.28. The minimum Gasteiger partial charge on any atom is -0.497 e. The van der Waals surface area contributed by atoms with Crippen LogP contribution in [0.3, 0.4) is 0 Å². The predicted octanol–water partition coefficient (Wildman–Crippen LogP) is 1.96. The van der Waals surface area contributed by atoms with Gasteiger partial charge in [0, 0.05) is 44.8 Å². The van der Waals surface area contributed by atoms with Crippen molar-refractivity contribution in [3.05, 3.63) is 23.8 Å². The lowest BCUT2D eigenvalue weighted by molar-refractivity contribution is -0.130. The lowest BCUT2D eigenvalue weighted by atomic mass is 10.1. The number of amides is 1. The molecule has 6 nitrogen and oxygen atoms in total. The SMILES string of the molecule is CC[C@H]1S[C@H](c2cc(OC)ccc2OC)N(CCN2CCNCC2)C1=O. The van der Waals surface area contributed by atoms with Crippen LogP contribution in [0.15, 0.2) is 18.2 Å². The highest BCUT2D eigenvalue weighted by Crippen LogP contribution is 2.47. The van der Waals surface area contributed by atoms with Gasteiger partial charge in [-0.1, -0.05) is 6.92 Å². The second kappa shape index (κ2) is 8.97. The Bertz CT molecular complexity index is 622. The monoisotopic (exact) mass is 379 g/mol. The molecule has 7 heteroatoms. The molecule has 144 valence electrons. The Kier molecular flexibility index (Phi) is 6.67. The minimum absolute atomic E-state index is 0.0129. The third-order valence-corrected chi connectivity index (χ3v) is 6.70. The van der Waals surface area contributed by atoms with Crippen LogP contribution in [0.5, 0.6) is 11.5 Å². The smallest absolute Gasteiger partial charge is 0.236 e. The van der Waals surface area contributed by atoms with Crippen molar-refractivity contribution < 1.29 is 14.3 Å². The van der Waals surface area contributed by atoms with E-state index in [0.717, 1.165) is 62.8 Å². The standard InChI is InChI=1S/C19H29N3O3S/c1-4-17-18(23)22(12-11-21-9-7-20-8-10-21)19(26-17)15-13-14(24-2)5-6-16(15)25-3/h5-6,13,17,19-20H,4,7-12H2,1-3H3/t17-,19-/m1/s1. The Morgan fingerprint density at radius 2 is 1.96 bits per heavy atom. The molecule has 1 aromatic rings. The van der Waals surface area contributed by atoms with Crippen molar-refractivity contribution in [2.75, 3.05) is 53.5 Å². The van der Waals surface area contributed by atoms with Crippen LogP contribution in [0.1, 0.15) is 24.3 Å². The highest BCUT2D eigenvalue weighted by Gasteiger charge is 2.41. The van der Waals surface area contributed by atoms with Crippen LogP contribution >= 0.6 is 11.8 Å². The van der Waals surface area contributed by atoms with Crippen molar-refractivity contribution in [2.24, 2.45) is 0 Å². The van der Waals surface area contributed by atoms with Gasteiger partial charge in [0.2, 0.25) is 5.91 Å². The number of piperazine rings is 1. The molecule has 2 aliphatic rings. The van der Waals surface area contributed by atoms with E-state index in [9.17, 15) is 4.79 Å². The molecule has 0 radical (unpaired) electrons. The van der Waals surface area contributed by atoms with Gasteiger partial charge in [-0.3, -0.25) is 9.69 Å². The Labute approximate surface area is 160 Å². The molecule has 26 heavy (non-hydrogen) atoms. The Morgan fingerprint density at radius 3 is 2.62 bits per heavy atom. The summed E-state index contributed by atoms with van der Waals surface area (Å²) in [4.78, 5) is 17.4. The van der Waals surface area contributed by atoms with E-state index in [1.165, 1.54) is 0 Å². The maximum atomic E-state index is 12.9. The number of benzene rings is 1. The molecule has 0 aliphatic carbocycles. The quantitative estimate of drug-likeness (QED) is 0.782. The molecule has 2 saturated heterocycles. The van der Waals surface area contributed by atoms with Crippen molar-refractivity contribution in [1.82, 2.24) is 15.1 Å². The van der Waals surface area contributed by atoms with Gasteiger partial charge in [0.15, 0.2) is 0 Å². The van der Waals surface area contributed by atoms with Crippen LogP contribution in [0, 0.1) is 0 Å². The van der Waals surface area contributed by atoms with Crippen LogP contribution in [0.25, 0.3) is 0 Å². The number of hydrogen-bond acceptors (Lipinski definition) is 6. The van der Waals surface area contributed by atoms with Crippen LogP contribution in [-0.4, -0.2) is 74.4 Å². The van der Waals surface area contributed by atoms with Gasteiger partial charge in [-0.05, 0) is 24.6 Å². The lowest BCUT2D eigenvalue weighted by Gasteiger charge is -2.31. The fraction of sp³-hybridized carbons (Fsp3) is 0.632. The molecule has 1 aromatic carbocycles. The zero-order valence-electron chi connectivity index (χ0n) is 15.9. The number of nitrogens with one attached hydrogen (secondary N) is 1. The van der Waals surface area contributed by atoms with E-state index < -0.39 is 0 Å². The summed E-state index contributed by atoms with van der Waals surface area (Å²) < 4.78 is 11.0. The van der Waals surface area contributed by atoms with Gasteiger partial charge in [-0.2, -0.15) is 0 Å². The zero-order valence-corrected chi connectivity index (χ0v) is 16.7. The van der Waals surface area contributed by atoms with Crippen LogP contribution in [-0.2, 0) is 4.79 Å². The van der Waals surface area contributed by atoms with Gasteiger partial charge in [0.05, 0.1) is 19.5 Å². The van der Waals surface area contributed by atoms with E-state index in [1.807, 2.05) is 23.1 Å². The maximum absolute atomic E-state index is 12.9. The molecule has 2 fully saturated rings. The summed E-state index contributed by atoms with van der Waals surface area (Å²) in [6.45, 7) is 7.86. The number of hydrogen-bond donors (Lipinski definition) is 1. The van der Waals surface area contributed by atoms with E-state index in [1.54, 1.807) is 26.0 Å². The highest BCUT2D eigenvalue weighted by atomic mass is 32.2. The molecule has 0 bridgehead atoms. The highest BCUT2D eigenvalue weighted by molar-refractivity contribution is 8.01. The zero-order chi connectivity index (χ0) is 18.5. The Hall–Kier alpha value is -1.44. The van der Waals surface area contributed by atoms with Crippen molar-refractivity contribution >= 4 is 17.7 Å². The first-order valence-corrected chi connectivity index (χ1v) is 10.2. The molecular formula is C19H29N3O3S. The molecular weight excluding hydrogens is 350 g/mol. The number of nitrogens with zero attached hydrogens (tertiary/aromatic N) is 2. The minimum atomic E-state index is -0.0274. The summed E-state index contributed by atoms with van der Waals surface area (Å²) in [5.74, 6) is 1.83. The maximum Gasteiger partial charge on any atom is 0.236 e. The van der Waals surface area contributed by atoms with Gasteiger partial charge >= 0.3 is 0 Å². The lowest BCUT2D eigenvalue weighted by Crippen LogP contribution is -2.47. The summed E-state index contributed by atoms with van der Waals surface area (Å²) in [5.41, 5.74) is 1.02. The molecule has 0 saturated carbocycles. The van der Waals surface area contributed by atoms with E-state index in [2.05, 4.69) is 17.1 Å². The molecule has 0 unspecified atom stereocenters. The van der Waals surface area contributed by atoms with E-state index >= 15 is 0 Å². The second-order valence-corrected chi connectivity index (χ2v) is 7.90. The average molecular weight is 380 g/mol. The first-order chi connectivity index (χ1) is 12.7. The van der Waals surface area contributed by atoms with Gasteiger partial charge < -0.3 is 19.7 Å². The van der Waals surface area contributed by atoms with Crippen LogP contribution < -0.4 is 14.8 Å². The Morgan fingerprint density at radius 1 is 1.19 bits per heavy atom. The summed E-state index contributed by atoms with van der Waals surface area (Å²) in [6, 6.07) is 5.82. The van der Waals surface area contributed by atoms with E-state index in [-0.39, 0.29) is 16.5 Å². The normalized spacial score (nSPS) is 24.1. The third-order valence-electron chi connectivity index (χ3n) is 5.08. The molecule has 1 N–H and O–H groups in total. The summed E-state index contributed by atoms with van der Waals surface area (Å²) in [6.07, 6.45) is 0.844. The van der Waals surface area contributed by atoms with Gasteiger partial charge in [0.1, 0.15) is 16.9 Å². The third kappa shape index (κ3) is 4.10. The molecule has 3 rings (SSSR count). The predicted molar refractivity (Wildman–Crippen MR) is 105 cm³/mol. The fourth-order valence-corrected chi connectivity index (χ4v) is 4.99. The molecule has 0 spiro atoms. The summed E-state index contributed by atoms with van der Waals surface area (Å²) in [7, 11) is 3.34. The molecule has 2 heterocycles.